The lowest BCUT2D eigenvalue weighted by atomic mass is 9.95. The number of pyridine rings is 1. The topological polar surface area (TPSA) is 12.9 Å². The van der Waals surface area contributed by atoms with E-state index in [9.17, 15) is 13.2 Å². The molecule has 1 aromatic heterocycles. The summed E-state index contributed by atoms with van der Waals surface area (Å²) in [5.74, 6) is 0.355. The van der Waals surface area contributed by atoms with Crippen molar-refractivity contribution in [3.05, 3.63) is 65.9 Å². The van der Waals surface area contributed by atoms with Gasteiger partial charge < -0.3 is 0 Å². The van der Waals surface area contributed by atoms with Crippen LogP contribution in [0.15, 0.2) is 54.7 Å². The summed E-state index contributed by atoms with van der Waals surface area (Å²) in [6.45, 7) is 4.18. The molecule has 0 aliphatic heterocycles. The summed E-state index contributed by atoms with van der Waals surface area (Å²) >= 11 is 0. The predicted molar refractivity (Wildman–Crippen MR) is 86.3 cm³/mol. The van der Waals surface area contributed by atoms with Crippen molar-refractivity contribution >= 4 is 10.9 Å². The number of aromatic nitrogens is 1. The maximum atomic E-state index is 13.2. The van der Waals surface area contributed by atoms with Gasteiger partial charge >= 0.3 is 6.18 Å². The highest BCUT2D eigenvalue weighted by Crippen LogP contribution is 2.37. The highest BCUT2D eigenvalue weighted by atomic mass is 19.4. The van der Waals surface area contributed by atoms with Crippen LogP contribution in [0.2, 0.25) is 0 Å². The normalized spacial score (nSPS) is 12.1. The third-order valence-corrected chi connectivity index (χ3v) is 3.94. The van der Waals surface area contributed by atoms with Gasteiger partial charge in [0.15, 0.2) is 0 Å². The van der Waals surface area contributed by atoms with Crippen molar-refractivity contribution in [2.75, 3.05) is 0 Å². The van der Waals surface area contributed by atoms with Crippen molar-refractivity contribution in [3.63, 3.8) is 0 Å². The van der Waals surface area contributed by atoms with Crippen LogP contribution >= 0.6 is 0 Å². The van der Waals surface area contributed by atoms with E-state index in [1.54, 1.807) is 12.1 Å². The summed E-state index contributed by atoms with van der Waals surface area (Å²) in [6.07, 6.45) is -2.97. The first-order valence-electron chi connectivity index (χ1n) is 7.43. The largest absolute Gasteiger partial charge is 0.418 e. The van der Waals surface area contributed by atoms with Crippen molar-refractivity contribution in [3.8, 4) is 11.1 Å². The Bertz CT molecular complexity index is 851. The number of fused-ring (bicyclic) bond motifs is 1. The van der Waals surface area contributed by atoms with E-state index in [2.05, 4.69) is 18.8 Å². The molecule has 0 aliphatic carbocycles. The third kappa shape index (κ3) is 2.93. The van der Waals surface area contributed by atoms with Gasteiger partial charge in [0.2, 0.25) is 0 Å². The minimum absolute atomic E-state index is 0.00699. The van der Waals surface area contributed by atoms with Crippen molar-refractivity contribution < 1.29 is 13.2 Å². The number of hydrogen-bond donors (Lipinski definition) is 0. The molecule has 23 heavy (non-hydrogen) atoms. The first-order chi connectivity index (χ1) is 10.9. The van der Waals surface area contributed by atoms with Crippen molar-refractivity contribution in [1.82, 2.24) is 4.98 Å². The van der Waals surface area contributed by atoms with Gasteiger partial charge in [-0.1, -0.05) is 50.2 Å². The van der Waals surface area contributed by atoms with E-state index in [1.807, 2.05) is 24.3 Å². The van der Waals surface area contributed by atoms with Gasteiger partial charge in [-0.2, -0.15) is 13.2 Å². The molecule has 0 atom stereocenters. The van der Waals surface area contributed by atoms with Gasteiger partial charge in [-0.25, -0.2) is 0 Å². The fraction of sp³-hybridized carbons (Fsp3) is 0.211. The lowest BCUT2D eigenvalue weighted by Crippen LogP contribution is -2.06. The molecular weight excluding hydrogens is 299 g/mol. The second-order valence-corrected chi connectivity index (χ2v) is 5.84. The fourth-order valence-corrected chi connectivity index (χ4v) is 2.72. The molecule has 118 valence electrons. The molecule has 4 heteroatoms. The number of para-hydroxylation sites is 1. The van der Waals surface area contributed by atoms with Gasteiger partial charge in [0, 0.05) is 11.6 Å². The second kappa shape index (κ2) is 5.69. The molecule has 0 unspecified atom stereocenters. The molecule has 0 amide bonds. The Morgan fingerprint density at radius 3 is 2.39 bits per heavy atom. The smallest absolute Gasteiger partial charge is 0.256 e. The highest BCUT2D eigenvalue weighted by molar-refractivity contribution is 5.96. The van der Waals surface area contributed by atoms with Crippen molar-refractivity contribution in [1.29, 1.82) is 0 Å². The molecule has 1 heterocycles. The summed E-state index contributed by atoms with van der Waals surface area (Å²) in [5.41, 5.74) is 2.12. The molecule has 0 spiro atoms. The third-order valence-electron chi connectivity index (χ3n) is 3.94. The summed E-state index contributed by atoms with van der Waals surface area (Å²) in [4.78, 5) is 3.97. The minimum Gasteiger partial charge on any atom is -0.256 e. The van der Waals surface area contributed by atoms with Crippen LogP contribution in [0, 0.1) is 0 Å². The number of hydrogen-bond acceptors (Lipinski definition) is 1. The van der Waals surface area contributed by atoms with E-state index in [0.717, 1.165) is 22.8 Å². The Kier molecular flexibility index (Phi) is 3.84. The Balaban J connectivity index is 2.26. The Morgan fingerprint density at radius 2 is 1.70 bits per heavy atom. The quantitative estimate of drug-likeness (QED) is 0.561. The van der Waals surface area contributed by atoms with E-state index >= 15 is 0 Å². The average Bonchev–Trinajstić information content (AvgIpc) is 2.53. The van der Waals surface area contributed by atoms with E-state index in [4.69, 9.17) is 0 Å². The molecule has 0 fully saturated rings. The lowest BCUT2D eigenvalue weighted by molar-refractivity contribution is -0.136. The summed E-state index contributed by atoms with van der Waals surface area (Å²) in [7, 11) is 0. The van der Waals surface area contributed by atoms with Crippen LogP contribution in [-0.2, 0) is 6.18 Å². The maximum absolute atomic E-state index is 13.2. The standard InChI is InChI=1S/C19H16F3N/c1-12(2)13-5-3-6-14(11-13)15-9-10-23-18-16(15)7-4-8-17(18)19(20,21)22/h3-12H,1-2H3. The molecular formula is C19H16F3N. The number of alkyl halides is 3. The minimum atomic E-state index is -4.41. The van der Waals surface area contributed by atoms with Gasteiger partial charge in [0.25, 0.3) is 0 Å². The van der Waals surface area contributed by atoms with Gasteiger partial charge in [0.1, 0.15) is 0 Å². The number of halogens is 3. The van der Waals surface area contributed by atoms with E-state index in [0.29, 0.717) is 11.3 Å². The summed E-state index contributed by atoms with van der Waals surface area (Å²) in [5, 5.41) is 0.517. The molecule has 0 aliphatic rings. The zero-order chi connectivity index (χ0) is 16.6. The van der Waals surface area contributed by atoms with E-state index in [-0.39, 0.29) is 5.52 Å². The van der Waals surface area contributed by atoms with Crippen LogP contribution in [0.4, 0.5) is 13.2 Å². The zero-order valence-electron chi connectivity index (χ0n) is 12.9. The molecule has 0 radical (unpaired) electrons. The SMILES string of the molecule is CC(C)c1cccc(-c2ccnc3c(C(F)(F)F)cccc23)c1. The molecule has 0 bridgehead atoms. The Morgan fingerprint density at radius 1 is 0.957 bits per heavy atom. The average molecular weight is 315 g/mol. The van der Waals surface area contributed by atoms with Crippen molar-refractivity contribution in [2.24, 2.45) is 0 Å². The van der Waals surface area contributed by atoms with Crippen LogP contribution in [-0.4, -0.2) is 4.98 Å². The zero-order valence-corrected chi connectivity index (χ0v) is 12.9. The molecule has 0 saturated carbocycles. The summed E-state index contributed by atoms with van der Waals surface area (Å²) < 4.78 is 39.5. The lowest BCUT2D eigenvalue weighted by Gasteiger charge is -2.13. The van der Waals surface area contributed by atoms with Gasteiger partial charge in [-0.15, -0.1) is 0 Å². The van der Waals surface area contributed by atoms with Crippen LogP contribution < -0.4 is 0 Å². The predicted octanol–water partition coefficient (Wildman–Crippen LogP) is 6.04. The number of nitrogens with zero attached hydrogens (tertiary/aromatic N) is 1. The second-order valence-electron chi connectivity index (χ2n) is 5.84. The molecule has 2 aromatic carbocycles. The van der Waals surface area contributed by atoms with Crippen LogP contribution in [0.25, 0.3) is 22.0 Å². The first-order valence-corrected chi connectivity index (χ1v) is 7.43. The Hall–Kier alpha value is -2.36. The number of benzene rings is 2. The van der Waals surface area contributed by atoms with E-state index in [1.165, 1.54) is 12.3 Å². The van der Waals surface area contributed by atoms with Crippen LogP contribution in [0.3, 0.4) is 0 Å². The van der Waals surface area contributed by atoms with Crippen molar-refractivity contribution in [2.45, 2.75) is 25.9 Å². The molecule has 3 rings (SSSR count). The van der Waals surface area contributed by atoms with Crippen LogP contribution in [0.5, 0.6) is 0 Å². The monoisotopic (exact) mass is 315 g/mol. The van der Waals surface area contributed by atoms with E-state index < -0.39 is 11.7 Å². The number of rotatable bonds is 2. The maximum Gasteiger partial charge on any atom is 0.418 e. The summed E-state index contributed by atoms with van der Waals surface area (Å²) in [6, 6.07) is 13.9. The van der Waals surface area contributed by atoms with Gasteiger partial charge in [-0.05, 0) is 34.7 Å². The molecule has 0 N–H and O–H groups in total. The van der Waals surface area contributed by atoms with Gasteiger partial charge in [0.05, 0.1) is 11.1 Å². The fourth-order valence-electron chi connectivity index (χ4n) is 2.72. The molecule has 1 nitrogen and oxygen atoms in total. The first kappa shape index (κ1) is 15.5. The van der Waals surface area contributed by atoms with Crippen LogP contribution in [0.1, 0.15) is 30.9 Å². The Labute approximate surface area is 132 Å². The molecule has 0 saturated heterocycles. The van der Waals surface area contributed by atoms with Gasteiger partial charge in [-0.3, -0.25) is 4.98 Å². The highest BCUT2D eigenvalue weighted by Gasteiger charge is 2.33. The molecule has 3 aromatic rings.